The lowest BCUT2D eigenvalue weighted by Crippen LogP contribution is -2.02. The van der Waals surface area contributed by atoms with Gasteiger partial charge in [0.25, 0.3) is 0 Å². The van der Waals surface area contributed by atoms with Gasteiger partial charge < -0.3 is 0 Å². The van der Waals surface area contributed by atoms with Crippen LogP contribution in [0.15, 0.2) is 18.2 Å². The molecule has 0 nitrogen and oxygen atoms in total. The molecule has 1 aromatic rings. The van der Waals surface area contributed by atoms with Gasteiger partial charge in [0, 0.05) is 0 Å². The number of hydrogen-bond acceptors (Lipinski definition) is 0. The van der Waals surface area contributed by atoms with Gasteiger partial charge in [-0.2, -0.15) is 0 Å². The Morgan fingerprint density at radius 2 is 0.967 bits per heavy atom. The molecule has 0 heterocycles. The van der Waals surface area contributed by atoms with Gasteiger partial charge >= 0.3 is 0 Å². The van der Waals surface area contributed by atoms with Gasteiger partial charge in [0.2, 0.25) is 0 Å². The fraction of sp³-hybridized carbons (Fsp3) is 0.786. The summed E-state index contributed by atoms with van der Waals surface area (Å²) < 4.78 is 0. The van der Waals surface area contributed by atoms with Gasteiger partial charge in [-0.3, -0.25) is 0 Å². The van der Waals surface area contributed by atoms with E-state index in [2.05, 4.69) is 52.8 Å². The van der Waals surface area contributed by atoms with Crippen molar-refractivity contribution in [3.8, 4) is 0 Å². The summed E-state index contributed by atoms with van der Waals surface area (Å²) in [5.41, 5.74) is 5.08. The average molecular weight is 451 g/mol. The first kappa shape index (κ1) is 28.1. The Bertz CT molecular complexity index is 509. The minimum atomic E-state index is 0.170. The lowest BCUT2D eigenvalue weighted by atomic mass is 10.0. The van der Waals surface area contributed by atoms with E-state index in [4.69, 9.17) is 0 Å². The Kier molecular flexibility index (Phi) is 17.5. The van der Waals surface area contributed by atoms with E-state index in [-0.39, 0.29) is 15.8 Å². The third-order valence-corrected chi connectivity index (χ3v) is 11.6. The zero-order valence-corrected chi connectivity index (χ0v) is 22.9. The van der Waals surface area contributed by atoms with Gasteiger partial charge in [0.15, 0.2) is 0 Å². The van der Waals surface area contributed by atoms with Crippen LogP contribution in [0.4, 0.5) is 0 Å². The first-order valence-corrected chi connectivity index (χ1v) is 17.0. The fourth-order valence-corrected chi connectivity index (χ4v) is 9.77. The Hall–Kier alpha value is 0.0800. The summed E-state index contributed by atoms with van der Waals surface area (Å²) in [4.78, 5) is 0. The highest BCUT2D eigenvalue weighted by molar-refractivity contribution is 7.57. The SMILES string of the molecule is CCCCc1ccc(CP(CCCC)CCCC)c(CP(CCCC)CCCC)c1. The first-order chi connectivity index (χ1) is 14.7. The van der Waals surface area contributed by atoms with Crippen LogP contribution in [0.1, 0.15) is 116 Å². The summed E-state index contributed by atoms with van der Waals surface area (Å²) in [5, 5.41) is 0. The van der Waals surface area contributed by atoms with Crippen LogP contribution in [-0.2, 0) is 18.7 Å². The summed E-state index contributed by atoms with van der Waals surface area (Å²) in [6.45, 7) is 11.8. The lowest BCUT2D eigenvalue weighted by molar-refractivity contribution is 0.794. The van der Waals surface area contributed by atoms with E-state index >= 15 is 0 Å². The predicted octanol–water partition coefficient (Wildman–Crippen LogP) is 10.2. The van der Waals surface area contributed by atoms with Crippen LogP contribution in [0.2, 0.25) is 0 Å². The van der Waals surface area contributed by atoms with E-state index in [1.54, 1.807) is 16.7 Å². The van der Waals surface area contributed by atoms with Crippen molar-refractivity contribution in [2.24, 2.45) is 0 Å². The topological polar surface area (TPSA) is 0 Å². The molecule has 0 radical (unpaired) electrons. The van der Waals surface area contributed by atoms with Crippen molar-refractivity contribution < 1.29 is 0 Å². The maximum Gasteiger partial charge on any atom is -0.00701 e. The molecule has 0 unspecified atom stereocenters. The van der Waals surface area contributed by atoms with Gasteiger partial charge in [-0.05, 0) is 92.2 Å². The van der Waals surface area contributed by atoms with Crippen molar-refractivity contribution in [2.45, 2.75) is 118 Å². The number of hydrogen-bond donors (Lipinski definition) is 0. The Balaban J connectivity index is 3.03. The van der Waals surface area contributed by atoms with Crippen molar-refractivity contribution in [3.63, 3.8) is 0 Å². The van der Waals surface area contributed by atoms with E-state index in [0.717, 1.165) is 0 Å². The summed E-state index contributed by atoms with van der Waals surface area (Å²) >= 11 is 0. The number of unbranched alkanes of at least 4 members (excludes halogenated alkanes) is 5. The maximum absolute atomic E-state index is 2.64. The van der Waals surface area contributed by atoms with Gasteiger partial charge in [-0.1, -0.05) is 84.9 Å². The summed E-state index contributed by atoms with van der Waals surface area (Å²) in [7, 11) is 0.345. The van der Waals surface area contributed by atoms with Crippen LogP contribution in [0.5, 0.6) is 0 Å². The van der Waals surface area contributed by atoms with Crippen molar-refractivity contribution in [3.05, 3.63) is 34.9 Å². The Morgan fingerprint density at radius 1 is 0.533 bits per heavy atom. The van der Waals surface area contributed by atoms with Gasteiger partial charge in [0.1, 0.15) is 0 Å². The summed E-state index contributed by atoms with van der Waals surface area (Å²) in [6.07, 6.45) is 23.8. The Morgan fingerprint density at radius 3 is 1.40 bits per heavy atom. The van der Waals surface area contributed by atoms with E-state index in [1.165, 1.54) is 108 Å². The largest absolute Gasteiger partial charge is 0.102 e. The van der Waals surface area contributed by atoms with Crippen LogP contribution < -0.4 is 0 Å². The molecule has 0 spiro atoms. The molecule has 0 fully saturated rings. The van der Waals surface area contributed by atoms with Crippen molar-refractivity contribution in [1.82, 2.24) is 0 Å². The molecule has 174 valence electrons. The summed E-state index contributed by atoms with van der Waals surface area (Å²) in [5.74, 6) is 0. The molecule has 0 saturated heterocycles. The molecule has 0 saturated carbocycles. The smallest absolute Gasteiger partial charge is 0.00701 e. The quantitative estimate of drug-likeness (QED) is 0.184. The molecule has 30 heavy (non-hydrogen) atoms. The molecule has 0 bridgehead atoms. The number of benzene rings is 1. The molecule has 0 amide bonds. The van der Waals surface area contributed by atoms with Crippen LogP contribution in [0.3, 0.4) is 0 Å². The lowest BCUT2D eigenvalue weighted by Gasteiger charge is -2.23. The molecule has 0 atom stereocenters. The normalized spacial score (nSPS) is 11.7. The molecular weight excluding hydrogens is 398 g/mol. The number of rotatable bonds is 19. The predicted molar refractivity (Wildman–Crippen MR) is 145 cm³/mol. The molecule has 0 N–H and O–H groups in total. The highest BCUT2D eigenvalue weighted by Crippen LogP contribution is 2.46. The molecule has 0 aliphatic rings. The van der Waals surface area contributed by atoms with Crippen LogP contribution >= 0.6 is 15.8 Å². The zero-order valence-electron chi connectivity index (χ0n) is 21.1. The van der Waals surface area contributed by atoms with Crippen LogP contribution in [-0.4, -0.2) is 24.6 Å². The number of aryl methyl sites for hydroxylation is 1. The third kappa shape index (κ3) is 12.2. The monoisotopic (exact) mass is 450 g/mol. The zero-order chi connectivity index (χ0) is 22.0. The van der Waals surface area contributed by atoms with Crippen molar-refractivity contribution >= 4 is 15.8 Å². The van der Waals surface area contributed by atoms with E-state index < -0.39 is 0 Å². The molecular formula is C28H52P2. The van der Waals surface area contributed by atoms with Gasteiger partial charge in [0.05, 0.1) is 0 Å². The van der Waals surface area contributed by atoms with E-state index in [1.807, 2.05) is 0 Å². The van der Waals surface area contributed by atoms with E-state index in [9.17, 15) is 0 Å². The second-order valence-electron chi connectivity index (χ2n) is 9.17. The first-order valence-electron chi connectivity index (χ1n) is 13.2. The highest BCUT2D eigenvalue weighted by Gasteiger charge is 2.15. The fourth-order valence-electron chi connectivity index (χ4n) is 4.07. The molecule has 1 aromatic carbocycles. The standard InChI is InChI=1S/C28H52P2/c1-6-11-16-26-17-18-27(24-29(19-12-7-2)20-13-8-3)28(23-26)25-30(21-14-9-4)22-15-10-5/h17-18,23H,6-16,19-22,24-25H2,1-5H3. The Labute approximate surface area is 192 Å². The van der Waals surface area contributed by atoms with E-state index in [0.29, 0.717) is 0 Å². The molecule has 2 heteroatoms. The van der Waals surface area contributed by atoms with Crippen LogP contribution in [0.25, 0.3) is 0 Å². The summed E-state index contributed by atoms with van der Waals surface area (Å²) in [6, 6.07) is 7.67. The second-order valence-corrected chi connectivity index (χ2v) is 14.3. The molecule has 0 aliphatic heterocycles. The second kappa shape index (κ2) is 18.6. The van der Waals surface area contributed by atoms with Crippen LogP contribution in [0, 0.1) is 0 Å². The average Bonchev–Trinajstić information content (AvgIpc) is 2.77. The maximum atomic E-state index is 2.64. The van der Waals surface area contributed by atoms with Gasteiger partial charge in [-0.15, -0.1) is 15.8 Å². The molecule has 1 rings (SSSR count). The highest BCUT2D eigenvalue weighted by atomic mass is 31.1. The van der Waals surface area contributed by atoms with Crippen molar-refractivity contribution in [2.75, 3.05) is 24.6 Å². The molecule has 0 aromatic heterocycles. The minimum absolute atomic E-state index is 0.170. The third-order valence-electron chi connectivity index (χ3n) is 6.19. The minimum Gasteiger partial charge on any atom is -0.102 e. The van der Waals surface area contributed by atoms with Gasteiger partial charge in [-0.25, -0.2) is 0 Å². The van der Waals surface area contributed by atoms with Crippen molar-refractivity contribution in [1.29, 1.82) is 0 Å². The molecule has 0 aliphatic carbocycles.